The second kappa shape index (κ2) is 12.0. The average molecular weight is 629 g/mol. The van der Waals surface area contributed by atoms with E-state index in [0.29, 0.717) is 30.6 Å². The molecule has 0 bridgehead atoms. The molecule has 2 aromatic rings. The summed E-state index contributed by atoms with van der Waals surface area (Å²) in [6.45, 7) is 7.30. The third-order valence-electron chi connectivity index (χ3n) is 12.6. The summed E-state index contributed by atoms with van der Waals surface area (Å²) in [5.41, 5.74) is 4.08. The van der Waals surface area contributed by atoms with Crippen molar-refractivity contribution < 1.29 is 33.3 Å². The number of esters is 1. The summed E-state index contributed by atoms with van der Waals surface area (Å²) in [5.74, 6) is 5.97. The number of rotatable bonds is 4. The normalized spacial score (nSPS) is 34.7. The van der Waals surface area contributed by atoms with Gasteiger partial charge in [-0.3, -0.25) is 9.59 Å². The van der Waals surface area contributed by atoms with Gasteiger partial charge >= 0.3 is 5.97 Å². The number of allylic oxidation sites excluding steroid dienone is 1. The average Bonchev–Trinajstić information content (AvgIpc) is 3.61. The Kier molecular flexibility index (Phi) is 8.09. The van der Waals surface area contributed by atoms with Gasteiger partial charge in [0.25, 0.3) is 0 Å². The molecule has 8 unspecified atom stereocenters. The third-order valence-corrected chi connectivity index (χ3v) is 12.6. The first-order valence-corrected chi connectivity index (χ1v) is 17.3. The van der Waals surface area contributed by atoms with Gasteiger partial charge in [0.1, 0.15) is 35.2 Å². The number of fused-ring (bicyclic) bond motifs is 10. The van der Waals surface area contributed by atoms with Gasteiger partial charge in [-0.2, -0.15) is 0 Å². The molecule has 3 saturated carbocycles. The van der Waals surface area contributed by atoms with Crippen molar-refractivity contribution in [2.24, 2.45) is 28.6 Å². The van der Waals surface area contributed by atoms with Gasteiger partial charge < -0.3 is 23.7 Å². The molecule has 2 heterocycles. The van der Waals surface area contributed by atoms with Crippen LogP contribution >= 0.6 is 0 Å². The van der Waals surface area contributed by atoms with Crippen LogP contribution in [0.15, 0.2) is 48.0 Å². The highest BCUT2D eigenvalue weighted by molar-refractivity contribution is 5.91. The van der Waals surface area contributed by atoms with Crippen molar-refractivity contribution in [1.82, 2.24) is 0 Å². The van der Waals surface area contributed by atoms with Crippen LogP contribution in [0.3, 0.4) is 0 Å². The van der Waals surface area contributed by atoms with Gasteiger partial charge in [-0.05, 0) is 92.4 Å². The van der Waals surface area contributed by atoms with Crippen LogP contribution in [0.5, 0.6) is 23.0 Å². The summed E-state index contributed by atoms with van der Waals surface area (Å²) in [5, 5.41) is 0. The summed E-state index contributed by atoms with van der Waals surface area (Å²) < 4.78 is 28.4. The fraction of sp³-hybridized carbons (Fsp3) is 0.590. The second-order valence-electron chi connectivity index (χ2n) is 14.7. The van der Waals surface area contributed by atoms with E-state index >= 15 is 0 Å². The molecule has 6 aliphatic rings. The number of methoxy groups -OCH3 is 2. The number of hydrogen-bond donors (Lipinski definition) is 0. The smallest absolute Gasteiger partial charge is 0.305 e. The van der Waals surface area contributed by atoms with Gasteiger partial charge in [0.05, 0.1) is 26.7 Å². The molecule has 7 heteroatoms. The number of hydrogen-bond acceptors (Lipinski definition) is 7. The molecule has 0 saturated heterocycles. The fourth-order valence-corrected chi connectivity index (χ4v) is 10.0. The highest BCUT2D eigenvalue weighted by Gasteiger charge is 2.60. The lowest BCUT2D eigenvalue weighted by molar-refractivity contribution is -0.159. The molecule has 8 rings (SSSR count). The van der Waals surface area contributed by atoms with Crippen LogP contribution in [-0.4, -0.2) is 38.7 Å². The number of ketones is 1. The maximum Gasteiger partial charge on any atom is 0.305 e. The van der Waals surface area contributed by atoms with Crippen molar-refractivity contribution in [3.05, 3.63) is 59.2 Å². The van der Waals surface area contributed by atoms with Crippen LogP contribution in [0.2, 0.25) is 0 Å². The van der Waals surface area contributed by atoms with Crippen LogP contribution in [-0.2, 0) is 14.3 Å². The molecule has 8 atom stereocenters. The maximum atomic E-state index is 11.9. The first-order chi connectivity index (χ1) is 22.2. The van der Waals surface area contributed by atoms with Crippen molar-refractivity contribution in [1.29, 1.82) is 0 Å². The Morgan fingerprint density at radius 1 is 0.891 bits per heavy atom. The van der Waals surface area contributed by atoms with E-state index in [4.69, 9.17) is 23.7 Å². The van der Waals surface area contributed by atoms with Crippen molar-refractivity contribution in [3.63, 3.8) is 0 Å². The van der Waals surface area contributed by atoms with Crippen molar-refractivity contribution in [3.8, 4) is 23.0 Å². The molecule has 0 N–H and O–H groups in total. The number of carbonyl (C=O) groups excluding carboxylic acids is 2. The topological polar surface area (TPSA) is 80.3 Å². The van der Waals surface area contributed by atoms with E-state index in [0.717, 1.165) is 66.6 Å². The van der Waals surface area contributed by atoms with Gasteiger partial charge in [-0.15, -0.1) is 0 Å². The molecule has 0 radical (unpaired) electrons. The molecule has 46 heavy (non-hydrogen) atoms. The minimum Gasteiger partial charge on any atom is -0.497 e. The van der Waals surface area contributed by atoms with Crippen LogP contribution in [0.25, 0.3) is 0 Å². The first-order valence-electron chi connectivity index (χ1n) is 17.3. The van der Waals surface area contributed by atoms with E-state index in [-0.39, 0.29) is 34.9 Å². The molecule has 0 aromatic heterocycles. The molecule has 0 amide bonds. The van der Waals surface area contributed by atoms with E-state index < -0.39 is 0 Å². The molecular weight excluding hydrogens is 580 g/mol. The SMILES string of the molecule is CCC(=O)OC1CCC2C3CCC4=CC(=O)CCC4(C)C3CCC12C.COc1ccc2c(c1)OC1c3ccc(OC)cc3OCC21. The number of ether oxygens (including phenoxy) is 5. The van der Waals surface area contributed by atoms with Crippen LogP contribution < -0.4 is 18.9 Å². The second-order valence-corrected chi connectivity index (χ2v) is 14.7. The van der Waals surface area contributed by atoms with Gasteiger partial charge in [-0.1, -0.05) is 32.4 Å². The van der Waals surface area contributed by atoms with E-state index in [2.05, 4.69) is 19.9 Å². The zero-order valence-corrected chi connectivity index (χ0v) is 27.9. The Labute approximate surface area is 273 Å². The summed E-state index contributed by atoms with van der Waals surface area (Å²) in [6.07, 6.45) is 11.3. The predicted octanol–water partition coefficient (Wildman–Crippen LogP) is 8.15. The molecular formula is C39H48O7. The van der Waals surface area contributed by atoms with Crippen LogP contribution in [0.1, 0.15) is 102 Å². The Hall–Kier alpha value is -3.48. The molecule has 3 fully saturated rings. The van der Waals surface area contributed by atoms with Gasteiger partial charge in [-0.25, -0.2) is 0 Å². The lowest BCUT2D eigenvalue weighted by Gasteiger charge is -2.57. The minimum atomic E-state index is -0.0411. The van der Waals surface area contributed by atoms with Gasteiger partial charge in [0.2, 0.25) is 0 Å². The van der Waals surface area contributed by atoms with Crippen LogP contribution in [0.4, 0.5) is 0 Å². The van der Waals surface area contributed by atoms with Crippen LogP contribution in [0, 0.1) is 28.6 Å². The van der Waals surface area contributed by atoms with E-state index in [1.807, 2.05) is 43.3 Å². The Morgan fingerprint density at radius 3 is 2.37 bits per heavy atom. The van der Waals surface area contributed by atoms with Gasteiger partial charge in [0.15, 0.2) is 5.78 Å². The lowest BCUT2D eigenvalue weighted by Crippen LogP contribution is -2.51. The Bertz CT molecular complexity index is 1540. The molecule has 4 aliphatic carbocycles. The molecule has 0 spiro atoms. The highest BCUT2D eigenvalue weighted by atomic mass is 16.5. The Balaban J connectivity index is 0.000000149. The largest absolute Gasteiger partial charge is 0.497 e. The lowest BCUT2D eigenvalue weighted by atomic mass is 9.47. The highest BCUT2D eigenvalue weighted by Crippen LogP contribution is 2.65. The fourth-order valence-electron chi connectivity index (χ4n) is 10.0. The third kappa shape index (κ3) is 5.09. The summed E-state index contributed by atoms with van der Waals surface area (Å²) >= 11 is 0. The minimum absolute atomic E-state index is 0.00163. The zero-order valence-electron chi connectivity index (χ0n) is 27.9. The van der Waals surface area contributed by atoms with Crippen molar-refractivity contribution >= 4 is 11.8 Å². The summed E-state index contributed by atoms with van der Waals surface area (Å²) in [4.78, 5) is 23.8. The van der Waals surface area contributed by atoms with E-state index in [1.54, 1.807) is 14.2 Å². The monoisotopic (exact) mass is 628 g/mol. The molecule has 7 nitrogen and oxygen atoms in total. The standard InChI is InChI=1S/C22H32O3.C17H16O4/c1-4-20(24)25-19-8-7-17-16-6-5-14-13-15(23)9-11-21(14,2)18(16)10-12-22(17,19)3;1-18-10-4-6-13-15(7-10)20-9-14-12-5-3-11(19-2)8-16(12)21-17(13)14/h13,16-19H,4-12H2,1-3H3;3-8,14,17H,9H2,1-2H3. The molecule has 2 aromatic carbocycles. The zero-order chi connectivity index (χ0) is 32.2. The Morgan fingerprint density at radius 2 is 1.63 bits per heavy atom. The predicted molar refractivity (Wildman–Crippen MR) is 174 cm³/mol. The quantitative estimate of drug-likeness (QED) is 0.316. The van der Waals surface area contributed by atoms with Crippen molar-refractivity contribution in [2.45, 2.75) is 96.7 Å². The number of benzene rings is 2. The first kappa shape index (κ1) is 31.1. The maximum absolute atomic E-state index is 11.9. The van der Waals surface area contributed by atoms with Crippen molar-refractivity contribution in [2.75, 3.05) is 20.8 Å². The van der Waals surface area contributed by atoms with Gasteiger partial charge in [0, 0.05) is 41.5 Å². The van der Waals surface area contributed by atoms with E-state index in [1.165, 1.54) is 30.4 Å². The van der Waals surface area contributed by atoms with E-state index in [9.17, 15) is 9.59 Å². The summed E-state index contributed by atoms with van der Waals surface area (Å²) in [6, 6.07) is 11.9. The summed E-state index contributed by atoms with van der Waals surface area (Å²) in [7, 11) is 3.32. The molecule has 2 aliphatic heterocycles. The molecule has 246 valence electrons. The number of carbonyl (C=O) groups is 2.